The van der Waals surface area contributed by atoms with E-state index >= 15 is 0 Å². The Morgan fingerprint density at radius 1 is 1.62 bits per heavy atom. The zero-order chi connectivity index (χ0) is 12.0. The van der Waals surface area contributed by atoms with Crippen molar-refractivity contribution >= 4 is 5.97 Å². The Bertz CT molecular complexity index is 395. The lowest BCUT2D eigenvalue weighted by Gasteiger charge is -2.13. The summed E-state index contributed by atoms with van der Waals surface area (Å²) in [6.07, 6.45) is 3.32. The van der Waals surface area contributed by atoms with Gasteiger partial charge in [0.15, 0.2) is 6.10 Å². The zero-order valence-electron chi connectivity index (χ0n) is 9.01. The number of unbranched alkanes of at least 4 members (excludes halogenated alkanes) is 1. The Balaban J connectivity index is 2.72. The summed E-state index contributed by atoms with van der Waals surface area (Å²) >= 11 is 0. The van der Waals surface area contributed by atoms with E-state index in [9.17, 15) is 9.59 Å². The summed E-state index contributed by atoms with van der Waals surface area (Å²) in [5, 5.41) is 8.89. The third kappa shape index (κ3) is 3.42. The minimum atomic E-state index is -1.07. The van der Waals surface area contributed by atoms with Crippen LogP contribution >= 0.6 is 0 Å². The smallest absolute Gasteiger partial charge is 0.344 e. The fourth-order valence-corrected chi connectivity index (χ4v) is 1.20. The average Bonchev–Trinajstić information content (AvgIpc) is 2.26. The van der Waals surface area contributed by atoms with E-state index in [0.717, 1.165) is 19.1 Å². The molecule has 0 saturated carbocycles. The van der Waals surface area contributed by atoms with Gasteiger partial charge in [-0.1, -0.05) is 13.3 Å². The second-order valence-corrected chi connectivity index (χ2v) is 3.37. The molecule has 1 N–H and O–H groups in total. The number of carbonyl (C=O) groups is 1. The maximum atomic E-state index is 11.3. The molecule has 0 amide bonds. The predicted molar refractivity (Wildman–Crippen MR) is 56.6 cm³/mol. The molecule has 1 aromatic rings. The summed E-state index contributed by atoms with van der Waals surface area (Å²) in [4.78, 5) is 22.1. The van der Waals surface area contributed by atoms with Crippen LogP contribution in [0.3, 0.4) is 0 Å². The quantitative estimate of drug-likeness (QED) is 0.798. The second-order valence-electron chi connectivity index (χ2n) is 3.37. The van der Waals surface area contributed by atoms with Gasteiger partial charge in [0.05, 0.1) is 6.26 Å². The molecule has 88 valence electrons. The minimum Gasteiger partial charge on any atom is -0.479 e. The normalized spacial score (nSPS) is 12.1. The van der Waals surface area contributed by atoms with E-state index in [2.05, 4.69) is 0 Å². The van der Waals surface area contributed by atoms with Gasteiger partial charge in [-0.15, -0.1) is 0 Å². The molecule has 0 bridgehead atoms. The van der Waals surface area contributed by atoms with E-state index in [1.54, 1.807) is 0 Å². The van der Waals surface area contributed by atoms with Crippen LogP contribution < -0.4 is 10.2 Å². The summed E-state index contributed by atoms with van der Waals surface area (Å²) in [5.74, 6) is -1.14. The first-order chi connectivity index (χ1) is 7.65. The average molecular weight is 226 g/mol. The van der Waals surface area contributed by atoms with E-state index in [0.29, 0.717) is 6.42 Å². The molecule has 0 aromatic carbocycles. The molecule has 1 aromatic heterocycles. The second kappa shape index (κ2) is 5.95. The summed E-state index contributed by atoms with van der Waals surface area (Å²) < 4.78 is 9.86. The minimum absolute atomic E-state index is 0.0639. The molecule has 1 heterocycles. The fourth-order valence-electron chi connectivity index (χ4n) is 1.20. The van der Waals surface area contributed by atoms with Gasteiger partial charge in [-0.25, -0.2) is 4.79 Å². The Kier molecular flexibility index (Phi) is 4.57. The van der Waals surface area contributed by atoms with Gasteiger partial charge in [-0.05, 0) is 12.8 Å². The van der Waals surface area contributed by atoms with Crippen molar-refractivity contribution < 1.29 is 19.1 Å². The van der Waals surface area contributed by atoms with Crippen molar-refractivity contribution in [2.24, 2.45) is 0 Å². The topological polar surface area (TPSA) is 76.7 Å². The van der Waals surface area contributed by atoms with Gasteiger partial charge in [-0.2, -0.15) is 0 Å². The van der Waals surface area contributed by atoms with Crippen LogP contribution in [0.2, 0.25) is 0 Å². The van der Waals surface area contributed by atoms with Crippen LogP contribution in [0.15, 0.2) is 27.8 Å². The highest BCUT2D eigenvalue weighted by molar-refractivity contribution is 5.72. The Labute approximate surface area is 92.7 Å². The van der Waals surface area contributed by atoms with Gasteiger partial charge >= 0.3 is 5.97 Å². The molecular formula is C11H14O5. The molecule has 5 nitrogen and oxygen atoms in total. The molecule has 5 heteroatoms. The van der Waals surface area contributed by atoms with Gasteiger partial charge < -0.3 is 14.3 Å². The van der Waals surface area contributed by atoms with Crippen LogP contribution in [0.1, 0.15) is 26.2 Å². The van der Waals surface area contributed by atoms with Crippen LogP contribution in [0.25, 0.3) is 0 Å². The molecule has 1 rings (SSSR count). The molecule has 16 heavy (non-hydrogen) atoms. The standard InChI is InChI=1S/C11H14O5/c1-2-3-4-9(11(13)14)16-10-7-15-6-5-8(10)12/h5-7,9H,2-4H2,1H3,(H,13,14). The highest BCUT2D eigenvalue weighted by Gasteiger charge is 2.19. The number of hydrogen-bond donors (Lipinski definition) is 1. The van der Waals surface area contributed by atoms with Crippen LogP contribution in [0.5, 0.6) is 5.75 Å². The summed E-state index contributed by atoms with van der Waals surface area (Å²) in [7, 11) is 0. The lowest BCUT2D eigenvalue weighted by molar-refractivity contribution is -0.145. The van der Waals surface area contributed by atoms with Crippen LogP contribution in [-0.4, -0.2) is 17.2 Å². The molecule has 0 saturated heterocycles. The van der Waals surface area contributed by atoms with Crippen LogP contribution in [-0.2, 0) is 4.79 Å². The number of carboxylic acid groups (broad SMARTS) is 1. The van der Waals surface area contributed by atoms with Crippen molar-refractivity contribution in [3.63, 3.8) is 0 Å². The number of aliphatic carboxylic acids is 1. The lowest BCUT2D eigenvalue weighted by atomic mass is 10.1. The Hall–Kier alpha value is -1.78. The Morgan fingerprint density at radius 3 is 2.94 bits per heavy atom. The molecule has 1 atom stereocenters. The van der Waals surface area contributed by atoms with Gasteiger partial charge in [-0.3, -0.25) is 4.79 Å². The van der Waals surface area contributed by atoms with Crippen molar-refractivity contribution in [1.82, 2.24) is 0 Å². The highest BCUT2D eigenvalue weighted by atomic mass is 16.5. The van der Waals surface area contributed by atoms with E-state index in [1.807, 2.05) is 6.92 Å². The molecule has 0 aliphatic carbocycles. The van der Waals surface area contributed by atoms with E-state index in [-0.39, 0.29) is 11.2 Å². The van der Waals surface area contributed by atoms with Crippen LogP contribution in [0.4, 0.5) is 0 Å². The summed E-state index contributed by atoms with van der Waals surface area (Å²) in [5.41, 5.74) is -0.381. The molecule has 0 spiro atoms. The largest absolute Gasteiger partial charge is 0.479 e. The summed E-state index contributed by atoms with van der Waals surface area (Å²) in [6, 6.07) is 1.19. The number of rotatable bonds is 6. The van der Waals surface area contributed by atoms with E-state index in [1.165, 1.54) is 12.3 Å². The van der Waals surface area contributed by atoms with Gasteiger partial charge in [0, 0.05) is 6.07 Å². The van der Waals surface area contributed by atoms with E-state index < -0.39 is 12.1 Å². The predicted octanol–water partition coefficient (Wildman–Crippen LogP) is 1.66. The van der Waals surface area contributed by atoms with E-state index in [4.69, 9.17) is 14.3 Å². The third-order valence-corrected chi connectivity index (χ3v) is 2.08. The molecule has 0 radical (unpaired) electrons. The van der Waals surface area contributed by atoms with Gasteiger partial charge in [0.2, 0.25) is 11.2 Å². The SMILES string of the molecule is CCCCC(Oc1coccc1=O)C(=O)O. The molecule has 0 aliphatic rings. The first-order valence-electron chi connectivity index (χ1n) is 5.11. The monoisotopic (exact) mass is 226 g/mol. The maximum Gasteiger partial charge on any atom is 0.344 e. The highest BCUT2D eigenvalue weighted by Crippen LogP contribution is 2.10. The first kappa shape index (κ1) is 12.3. The van der Waals surface area contributed by atoms with Gasteiger partial charge in [0.1, 0.15) is 6.26 Å². The number of hydrogen-bond acceptors (Lipinski definition) is 4. The van der Waals surface area contributed by atoms with Gasteiger partial charge in [0.25, 0.3) is 0 Å². The maximum absolute atomic E-state index is 11.3. The Morgan fingerprint density at radius 2 is 2.38 bits per heavy atom. The van der Waals surface area contributed by atoms with Crippen molar-refractivity contribution in [2.75, 3.05) is 0 Å². The summed E-state index contributed by atoms with van der Waals surface area (Å²) in [6.45, 7) is 1.95. The lowest BCUT2D eigenvalue weighted by Crippen LogP contribution is -2.28. The molecule has 0 fully saturated rings. The van der Waals surface area contributed by atoms with Crippen LogP contribution in [0, 0.1) is 0 Å². The number of ether oxygens (including phenoxy) is 1. The molecular weight excluding hydrogens is 212 g/mol. The van der Waals surface area contributed by atoms with Crippen molar-refractivity contribution in [3.05, 3.63) is 28.8 Å². The van der Waals surface area contributed by atoms with Crippen molar-refractivity contribution in [2.45, 2.75) is 32.3 Å². The molecule has 1 unspecified atom stereocenters. The first-order valence-corrected chi connectivity index (χ1v) is 5.11. The number of carboxylic acids is 1. The zero-order valence-corrected chi connectivity index (χ0v) is 9.01. The van der Waals surface area contributed by atoms with Crippen molar-refractivity contribution in [3.8, 4) is 5.75 Å². The fraction of sp³-hybridized carbons (Fsp3) is 0.455. The molecule has 0 aliphatic heterocycles. The van der Waals surface area contributed by atoms with Crippen molar-refractivity contribution in [1.29, 1.82) is 0 Å². The third-order valence-electron chi connectivity index (χ3n) is 2.08.